The number of rotatable bonds is 3. The smallest absolute Gasteiger partial charge is 0.345 e. The van der Waals surface area contributed by atoms with Gasteiger partial charge in [-0.15, -0.1) is 0 Å². The molecule has 0 unspecified atom stereocenters. The molecule has 162 valence electrons. The van der Waals surface area contributed by atoms with Crippen LogP contribution in [0.2, 0.25) is 0 Å². The molecule has 0 fully saturated rings. The molecule has 1 aromatic heterocycles. The minimum Gasteiger partial charge on any atom is -0.423 e. The summed E-state index contributed by atoms with van der Waals surface area (Å²) in [5.74, 6) is 0.129. The maximum Gasteiger partial charge on any atom is 0.345 e. The van der Waals surface area contributed by atoms with Crippen LogP contribution in [-0.4, -0.2) is 5.97 Å². The highest BCUT2D eigenvalue weighted by Gasteiger charge is 2.23. The van der Waals surface area contributed by atoms with Crippen LogP contribution in [0.25, 0.3) is 25.1 Å². The van der Waals surface area contributed by atoms with Crippen LogP contribution in [0.4, 0.5) is 0 Å². The van der Waals surface area contributed by atoms with Gasteiger partial charge in [-0.3, -0.25) is 4.79 Å². The topological polar surface area (TPSA) is 43.4 Å². The molecule has 0 aliphatic heterocycles. The van der Waals surface area contributed by atoms with E-state index in [-0.39, 0.29) is 11.4 Å². The molecule has 0 radical (unpaired) electrons. The van der Waals surface area contributed by atoms with Crippen molar-refractivity contribution >= 4 is 104 Å². The van der Waals surface area contributed by atoms with Crippen LogP contribution in [-0.2, 0) is 0 Å². The van der Waals surface area contributed by atoms with E-state index in [4.69, 9.17) is 4.74 Å². The molecular formula is C26H14I3O3S+. The largest absolute Gasteiger partial charge is 0.423 e. The Balaban J connectivity index is 1.57. The van der Waals surface area contributed by atoms with E-state index in [1.807, 2.05) is 84.9 Å². The van der Waals surface area contributed by atoms with Crippen molar-refractivity contribution < 1.29 is 9.53 Å². The van der Waals surface area contributed by atoms with Crippen molar-refractivity contribution in [2.24, 2.45) is 0 Å². The predicted molar refractivity (Wildman–Crippen MR) is 161 cm³/mol. The Kier molecular flexibility index (Phi) is 6.74. The molecule has 0 amide bonds. The number of benzene rings is 4. The van der Waals surface area contributed by atoms with Gasteiger partial charge in [0.25, 0.3) is 0 Å². The van der Waals surface area contributed by atoms with Crippen LogP contribution in [0.1, 0.15) is 10.4 Å². The molecule has 33 heavy (non-hydrogen) atoms. The third-order valence-corrected chi connectivity index (χ3v) is 11.5. The van der Waals surface area contributed by atoms with Crippen molar-refractivity contribution in [3.63, 3.8) is 0 Å². The molecular weight excluding hydrogens is 773 g/mol. The Bertz CT molecular complexity index is 1550. The van der Waals surface area contributed by atoms with Gasteiger partial charge in [-0.1, -0.05) is 24.3 Å². The van der Waals surface area contributed by atoms with E-state index < -0.39 is 10.5 Å². The van der Waals surface area contributed by atoms with Crippen molar-refractivity contribution in [2.75, 3.05) is 0 Å². The molecule has 0 spiro atoms. The van der Waals surface area contributed by atoms with Gasteiger partial charge >= 0.3 is 5.97 Å². The summed E-state index contributed by atoms with van der Waals surface area (Å²) in [5, 5.41) is 1.50. The van der Waals surface area contributed by atoms with Gasteiger partial charge in [-0.2, -0.15) is 0 Å². The van der Waals surface area contributed by atoms with Gasteiger partial charge in [0.05, 0.1) is 16.3 Å². The lowest BCUT2D eigenvalue weighted by atomic mass is 10.2. The molecule has 0 aliphatic carbocycles. The Hall–Kier alpha value is -1.57. The van der Waals surface area contributed by atoms with Gasteiger partial charge in [-0.05, 0) is 116 Å². The van der Waals surface area contributed by atoms with Gasteiger partial charge in [0.2, 0.25) is 5.43 Å². The fourth-order valence-corrected chi connectivity index (χ4v) is 8.37. The molecule has 3 nitrogen and oxygen atoms in total. The highest BCUT2D eigenvalue weighted by Crippen LogP contribution is 2.43. The van der Waals surface area contributed by atoms with E-state index in [0.717, 1.165) is 35.8 Å². The van der Waals surface area contributed by atoms with Crippen LogP contribution in [0.15, 0.2) is 89.7 Å². The normalized spacial score (nSPS) is 11.1. The zero-order valence-electron chi connectivity index (χ0n) is 16.8. The summed E-state index contributed by atoms with van der Waals surface area (Å²) in [7, 11) is -0.411. The third-order valence-electron chi connectivity index (χ3n) is 5.22. The van der Waals surface area contributed by atoms with Crippen LogP contribution in [0.3, 0.4) is 0 Å². The predicted octanol–water partition coefficient (Wildman–Crippen LogP) is 8.12. The third kappa shape index (κ3) is 4.32. The number of fused-ring (bicyclic) bond motifs is 2. The van der Waals surface area contributed by atoms with E-state index in [9.17, 15) is 9.59 Å². The molecule has 0 bridgehead atoms. The first kappa shape index (κ1) is 23.2. The van der Waals surface area contributed by atoms with Gasteiger partial charge in [0.15, 0.2) is 14.3 Å². The Morgan fingerprint density at radius 3 is 1.85 bits per heavy atom. The second-order valence-corrected chi connectivity index (χ2v) is 12.6. The number of hydrogen-bond donors (Lipinski definition) is 0. The summed E-state index contributed by atoms with van der Waals surface area (Å²) in [6.45, 7) is 0. The van der Waals surface area contributed by atoms with Crippen molar-refractivity contribution in [3.05, 3.63) is 111 Å². The van der Waals surface area contributed by atoms with Crippen LogP contribution >= 0.6 is 78.2 Å². The minimum atomic E-state index is -0.411. The average Bonchev–Trinajstić information content (AvgIpc) is 2.83. The first-order valence-corrected chi connectivity index (χ1v) is 14.3. The molecule has 5 rings (SSSR count). The summed E-state index contributed by atoms with van der Waals surface area (Å²) < 4.78 is 10.5. The van der Waals surface area contributed by atoms with Crippen LogP contribution in [0, 0.1) is 10.7 Å². The van der Waals surface area contributed by atoms with Gasteiger partial charge in [0.1, 0.15) is 5.75 Å². The Morgan fingerprint density at radius 1 is 0.697 bits per heavy atom. The van der Waals surface area contributed by atoms with E-state index >= 15 is 0 Å². The number of esters is 1. The average molecular weight is 787 g/mol. The molecule has 0 aliphatic rings. The minimum absolute atomic E-state index is 0.0669. The lowest BCUT2D eigenvalue weighted by Gasteiger charge is -2.09. The second-order valence-electron chi connectivity index (χ2n) is 7.21. The molecule has 1 heterocycles. The van der Waals surface area contributed by atoms with E-state index in [0.29, 0.717) is 11.3 Å². The fourth-order valence-electron chi connectivity index (χ4n) is 3.70. The van der Waals surface area contributed by atoms with Crippen molar-refractivity contribution in [1.82, 2.24) is 0 Å². The number of ether oxygens (including phenoxy) is 1. The number of carbonyl (C=O) groups excluding carboxylic acids is 1. The van der Waals surface area contributed by atoms with Gasteiger partial charge in [0, 0.05) is 33.3 Å². The Morgan fingerprint density at radius 2 is 1.24 bits per heavy atom. The first-order valence-electron chi connectivity index (χ1n) is 9.88. The second kappa shape index (κ2) is 9.59. The van der Waals surface area contributed by atoms with Crippen molar-refractivity contribution in [2.45, 2.75) is 0 Å². The summed E-state index contributed by atoms with van der Waals surface area (Å²) in [4.78, 5) is 27.0. The quantitative estimate of drug-likeness (QED) is 0.0464. The lowest BCUT2D eigenvalue weighted by molar-refractivity contribution is 0.0732. The Labute approximate surface area is 233 Å². The van der Waals surface area contributed by atoms with E-state index in [2.05, 4.69) is 67.8 Å². The SMILES string of the molecule is O=C(Oc1ccc(-[s+]2c3ccccc3c(=O)c3ccccc32)cc1)c1c(I)ccc(I)c1I. The lowest BCUT2D eigenvalue weighted by Crippen LogP contribution is -2.13. The summed E-state index contributed by atoms with van der Waals surface area (Å²) >= 11 is 6.57. The zero-order valence-corrected chi connectivity index (χ0v) is 24.1. The molecule has 0 N–H and O–H groups in total. The molecule has 0 saturated carbocycles. The standard InChI is InChI=1S/C26H14I3O3S/c27-19-13-14-20(28)24(29)23(19)26(31)32-15-9-11-16(12-10-15)33-21-7-3-1-5-17(21)25(30)18-6-2-4-8-22(18)33/h1-14H/q+1. The van der Waals surface area contributed by atoms with Crippen molar-refractivity contribution in [3.8, 4) is 10.6 Å². The number of hydrogen-bond acceptors (Lipinski definition) is 3. The first-order chi connectivity index (χ1) is 16.0. The molecule has 7 heteroatoms. The number of halogens is 3. The highest BCUT2D eigenvalue weighted by molar-refractivity contribution is 14.1. The summed E-state index contributed by atoms with van der Waals surface area (Å²) in [6, 6.07) is 27.1. The maximum atomic E-state index is 13.0. The van der Waals surface area contributed by atoms with Crippen LogP contribution in [0.5, 0.6) is 5.75 Å². The summed E-state index contributed by atoms with van der Waals surface area (Å²) in [5.41, 5.74) is 0.653. The van der Waals surface area contributed by atoms with Crippen molar-refractivity contribution in [1.29, 1.82) is 0 Å². The maximum absolute atomic E-state index is 13.0. The monoisotopic (exact) mass is 787 g/mol. The van der Waals surface area contributed by atoms with Crippen LogP contribution < -0.4 is 10.2 Å². The van der Waals surface area contributed by atoms with E-state index in [1.165, 1.54) is 0 Å². The zero-order chi connectivity index (χ0) is 23.1. The molecule has 0 atom stereocenters. The van der Waals surface area contributed by atoms with Gasteiger partial charge < -0.3 is 4.74 Å². The fraction of sp³-hybridized carbons (Fsp3) is 0. The summed E-state index contributed by atoms with van der Waals surface area (Å²) in [6.07, 6.45) is 0. The molecule has 5 aromatic rings. The van der Waals surface area contributed by atoms with E-state index in [1.54, 1.807) is 0 Å². The highest BCUT2D eigenvalue weighted by atomic mass is 127. The number of carbonyl (C=O) groups is 1. The molecule has 0 saturated heterocycles. The molecule has 4 aromatic carbocycles. The van der Waals surface area contributed by atoms with Gasteiger partial charge in [-0.25, -0.2) is 4.79 Å².